The Bertz CT molecular complexity index is 609. The third-order valence-electron chi connectivity index (χ3n) is 3.58. The molecule has 2 nitrogen and oxygen atoms in total. The Balaban J connectivity index is 1.97. The third kappa shape index (κ3) is 1.79. The summed E-state index contributed by atoms with van der Waals surface area (Å²) in [7, 11) is 0. The molecule has 1 aromatic carbocycles. The molecule has 0 saturated carbocycles. The van der Waals surface area contributed by atoms with Gasteiger partial charge >= 0.3 is 0 Å². The molecule has 90 valence electrons. The van der Waals surface area contributed by atoms with Crippen LogP contribution in [-0.2, 0) is 6.42 Å². The normalized spacial score (nSPS) is 18.2. The first-order valence-electron chi connectivity index (χ1n) is 6.12. The quantitative estimate of drug-likeness (QED) is 0.775. The molecule has 2 aromatic rings. The topological polar surface area (TPSA) is 27.0 Å². The largest absolute Gasteiger partial charge is 0.364 e. The second-order valence-electron chi connectivity index (χ2n) is 4.58. The Kier molecular flexibility index (Phi) is 2.81. The highest BCUT2D eigenvalue weighted by Gasteiger charge is 2.24. The van der Waals surface area contributed by atoms with E-state index >= 15 is 0 Å². The molecular weight excluding hydrogens is 240 g/mol. The van der Waals surface area contributed by atoms with Gasteiger partial charge in [-0.15, -0.1) is 11.3 Å². The van der Waals surface area contributed by atoms with Gasteiger partial charge in [0.15, 0.2) is 0 Å². The van der Waals surface area contributed by atoms with Crippen molar-refractivity contribution in [2.75, 3.05) is 11.4 Å². The Hall–Kier alpha value is -1.79. The standard InChI is InChI=1S/C15H14N2S/c1-11-14-6-8-18-15(14)5-7-17(11)13-4-2-3-12(9-13)10-16/h2-4,6,8-9,11H,5,7H2,1H3. The summed E-state index contributed by atoms with van der Waals surface area (Å²) in [4.78, 5) is 3.89. The van der Waals surface area contributed by atoms with Gasteiger partial charge in [0.2, 0.25) is 0 Å². The van der Waals surface area contributed by atoms with E-state index in [9.17, 15) is 0 Å². The highest BCUT2D eigenvalue weighted by Crippen LogP contribution is 2.35. The van der Waals surface area contributed by atoms with Gasteiger partial charge in [-0.25, -0.2) is 0 Å². The lowest BCUT2D eigenvalue weighted by atomic mass is 10.0. The Morgan fingerprint density at radius 3 is 3.11 bits per heavy atom. The van der Waals surface area contributed by atoms with E-state index in [1.165, 1.54) is 10.4 Å². The van der Waals surface area contributed by atoms with Crippen molar-refractivity contribution in [3.05, 3.63) is 51.7 Å². The minimum atomic E-state index is 0.397. The molecule has 0 saturated heterocycles. The van der Waals surface area contributed by atoms with Crippen molar-refractivity contribution in [1.29, 1.82) is 5.26 Å². The van der Waals surface area contributed by atoms with E-state index in [-0.39, 0.29) is 0 Å². The van der Waals surface area contributed by atoms with E-state index in [0.29, 0.717) is 6.04 Å². The van der Waals surface area contributed by atoms with Gasteiger partial charge < -0.3 is 4.90 Å². The average Bonchev–Trinajstić information content (AvgIpc) is 2.88. The van der Waals surface area contributed by atoms with Crippen LogP contribution >= 0.6 is 11.3 Å². The summed E-state index contributed by atoms with van der Waals surface area (Å²) in [6.07, 6.45) is 1.11. The van der Waals surface area contributed by atoms with E-state index in [1.54, 1.807) is 0 Å². The molecule has 0 amide bonds. The first-order chi connectivity index (χ1) is 8.79. The van der Waals surface area contributed by atoms with Gasteiger partial charge in [-0.2, -0.15) is 5.26 Å². The molecule has 0 bridgehead atoms. The van der Waals surface area contributed by atoms with Crippen LogP contribution in [0.15, 0.2) is 35.7 Å². The zero-order valence-corrected chi connectivity index (χ0v) is 11.1. The molecule has 0 spiro atoms. The Morgan fingerprint density at radius 1 is 1.39 bits per heavy atom. The average molecular weight is 254 g/mol. The number of thiophene rings is 1. The van der Waals surface area contributed by atoms with Crippen molar-refractivity contribution in [3.63, 3.8) is 0 Å². The highest BCUT2D eigenvalue weighted by atomic mass is 32.1. The van der Waals surface area contributed by atoms with Gasteiger partial charge in [-0.05, 0) is 48.6 Å². The molecule has 0 aliphatic carbocycles. The van der Waals surface area contributed by atoms with Crippen molar-refractivity contribution in [3.8, 4) is 6.07 Å². The lowest BCUT2D eigenvalue weighted by Gasteiger charge is -2.35. The number of nitrogens with zero attached hydrogens (tertiary/aromatic N) is 2. The van der Waals surface area contributed by atoms with Crippen molar-refractivity contribution < 1.29 is 0 Å². The summed E-state index contributed by atoms with van der Waals surface area (Å²) < 4.78 is 0. The van der Waals surface area contributed by atoms with Crippen LogP contribution < -0.4 is 4.90 Å². The molecule has 2 heterocycles. The first kappa shape index (κ1) is 11.3. The molecule has 1 aliphatic heterocycles. The van der Waals surface area contributed by atoms with Crippen molar-refractivity contribution in [2.45, 2.75) is 19.4 Å². The number of anilines is 1. The number of hydrogen-bond donors (Lipinski definition) is 0. The minimum absolute atomic E-state index is 0.397. The van der Waals surface area contributed by atoms with Crippen molar-refractivity contribution in [1.82, 2.24) is 0 Å². The molecule has 1 atom stereocenters. The number of fused-ring (bicyclic) bond motifs is 1. The number of nitriles is 1. The molecule has 1 aromatic heterocycles. The zero-order valence-electron chi connectivity index (χ0n) is 10.3. The summed E-state index contributed by atoms with van der Waals surface area (Å²) in [6, 6.07) is 12.7. The summed E-state index contributed by atoms with van der Waals surface area (Å²) in [5, 5.41) is 11.2. The molecule has 3 heteroatoms. The zero-order chi connectivity index (χ0) is 12.5. The molecule has 1 unspecified atom stereocenters. The predicted octanol–water partition coefficient (Wildman–Crippen LogP) is 3.74. The monoisotopic (exact) mass is 254 g/mol. The van der Waals surface area contributed by atoms with Gasteiger partial charge in [0, 0.05) is 17.1 Å². The lowest BCUT2D eigenvalue weighted by molar-refractivity contribution is 0.633. The van der Waals surface area contributed by atoms with Crippen LogP contribution in [0.4, 0.5) is 5.69 Å². The van der Waals surface area contributed by atoms with E-state index in [0.717, 1.165) is 24.2 Å². The maximum absolute atomic E-state index is 8.98. The van der Waals surface area contributed by atoms with Gasteiger partial charge in [-0.1, -0.05) is 6.07 Å². The molecule has 0 radical (unpaired) electrons. The van der Waals surface area contributed by atoms with Crippen LogP contribution in [-0.4, -0.2) is 6.54 Å². The van der Waals surface area contributed by atoms with Gasteiger partial charge in [0.25, 0.3) is 0 Å². The van der Waals surface area contributed by atoms with Gasteiger partial charge in [-0.3, -0.25) is 0 Å². The fourth-order valence-corrected chi connectivity index (χ4v) is 3.58. The summed E-state index contributed by atoms with van der Waals surface area (Å²) in [5.41, 5.74) is 3.32. The molecule has 1 aliphatic rings. The van der Waals surface area contributed by atoms with Crippen LogP contribution in [0.25, 0.3) is 0 Å². The fraction of sp³-hybridized carbons (Fsp3) is 0.267. The van der Waals surface area contributed by atoms with Gasteiger partial charge in [0.05, 0.1) is 17.7 Å². The summed E-state index contributed by atoms with van der Waals surface area (Å²) in [5.74, 6) is 0. The van der Waals surface area contributed by atoms with E-state index in [1.807, 2.05) is 29.5 Å². The number of hydrogen-bond acceptors (Lipinski definition) is 3. The maximum Gasteiger partial charge on any atom is 0.0992 e. The van der Waals surface area contributed by atoms with Crippen LogP contribution in [0.5, 0.6) is 0 Å². The molecule has 0 N–H and O–H groups in total. The Morgan fingerprint density at radius 2 is 2.28 bits per heavy atom. The SMILES string of the molecule is CC1c2ccsc2CCN1c1cccc(C#N)c1. The van der Waals surface area contributed by atoms with Gasteiger partial charge in [0.1, 0.15) is 0 Å². The predicted molar refractivity (Wildman–Crippen MR) is 74.9 cm³/mol. The summed E-state index contributed by atoms with van der Waals surface area (Å²) >= 11 is 1.85. The molecule has 18 heavy (non-hydrogen) atoms. The third-order valence-corrected chi connectivity index (χ3v) is 4.58. The smallest absolute Gasteiger partial charge is 0.0992 e. The van der Waals surface area contributed by atoms with Crippen LogP contribution in [0.1, 0.15) is 29.0 Å². The minimum Gasteiger partial charge on any atom is -0.364 e. The number of rotatable bonds is 1. The van der Waals surface area contributed by atoms with Crippen molar-refractivity contribution >= 4 is 17.0 Å². The van der Waals surface area contributed by atoms with E-state index in [2.05, 4.69) is 35.4 Å². The fourth-order valence-electron chi connectivity index (χ4n) is 2.62. The van der Waals surface area contributed by atoms with E-state index < -0.39 is 0 Å². The van der Waals surface area contributed by atoms with Crippen LogP contribution in [0, 0.1) is 11.3 Å². The van der Waals surface area contributed by atoms with Crippen molar-refractivity contribution in [2.24, 2.45) is 0 Å². The first-order valence-corrected chi connectivity index (χ1v) is 7.00. The molecule has 3 rings (SSSR count). The van der Waals surface area contributed by atoms with Crippen LogP contribution in [0.3, 0.4) is 0 Å². The molecular formula is C15H14N2S. The second kappa shape index (κ2) is 4.47. The lowest BCUT2D eigenvalue weighted by Crippen LogP contribution is -2.33. The maximum atomic E-state index is 8.98. The van der Waals surface area contributed by atoms with E-state index in [4.69, 9.17) is 5.26 Å². The van der Waals surface area contributed by atoms with Crippen LogP contribution in [0.2, 0.25) is 0 Å². The molecule has 0 fully saturated rings. The second-order valence-corrected chi connectivity index (χ2v) is 5.58. The number of benzene rings is 1. The summed E-state index contributed by atoms with van der Waals surface area (Å²) in [6.45, 7) is 3.27. The highest BCUT2D eigenvalue weighted by molar-refractivity contribution is 7.10. The Labute approximate surface area is 111 Å².